The van der Waals surface area contributed by atoms with Crippen molar-refractivity contribution in [2.75, 3.05) is 6.61 Å². The van der Waals surface area contributed by atoms with Crippen LogP contribution in [0.5, 0.6) is 5.75 Å². The van der Waals surface area contributed by atoms with Crippen molar-refractivity contribution in [2.24, 2.45) is 0 Å². The second-order valence-corrected chi connectivity index (χ2v) is 6.00. The fourth-order valence-electron chi connectivity index (χ4n) is 1.91. The third-order valence-corrected chi connectivity index (χ3v) is 2.90. The monoisotopic (exact) mass is 279 g/mol. The molecule has 1 saturated heterocycles. The maximum atomic E-state index is 11.8. The maximum Gasteiger partial charge on any atom is 0.407 e. The number of alkyl carbamates (subject to hydrolysis) is 1. The molecule has 0 aromatic heterocycles. The van der Waals surface area contributed by atoms with Crippen LogP contribution < -0.4 is 5.32 Å². The van der Waals surface area contributed by atoms with Crippen LogP contribution in [0.2, 0.25) is 0 Å². The van der Waals surface area contributed by atoms with Crippen LogP contribution in [-0.4, -0.2) is 35.6 Å². The number of carbonyl (C=O) groups excluding carboxylic acids is 1. The Morgan fingerprint density at radius 2 is 2.05 bits per heavy atom. The van der Waals surface area contributed by atoms with Crippen LogP contribution in [0, 0.1) is 0 Å². The lowest BCUT2D eigenvalue weighted by Crippen LogP contribution is -2.43. The van der Waals surface area contributed by atoms with E-state index in [0.29, 0.717) is 13.0 Å². The van der Waals surface area contributed by atoms with Gasteiger partial charge in [-0.2, -0.15) is 0 Å². The second-order valence-electron chi connectivity index (χ2n) is 6.00. The number of hydrogen-bond donors (Lipinski definition) is 2. The number of epoxide rings is 1. The maximum absolute atomic E-state index is 11.8. The quantitative estimate of drug-likeness (QED) is 0.829. The van der Waals surface area contributed by atoms with E-state index in [2.05, 4.69) is 5.32 Å². The van der Waals surface area contributed by atoms with E-state index in [1.807, 2.05) is 32.9 Å². The fraction of sp³-hybridized carbons (Fsp3) is 0.533. The summed E-state index contributed by atoms with van der Waals surface area (Å²) in [5.74, 6) is 0.230. The van der Waals surface area contributed by atoms with E-state index in [1.54, 1.807) is 12.1 Å². The van der Waals surface area contributed by atoms with Gasteiger partial charge in [-0.1, -0.05) is 12.1 Å². The van der Waals surface area contributed by atoms with Gasteiger partial charge in [-0.05, 0) is 44.9 Å². The summed E-state index contributed by atoms with van der Waals surface area (Å²) in [6.45, 7) is 6.14. The van der Waals surface area contributed by atoms with E-state index in [0.717, 1.165) is 5.56 Å². The number of hydrogen-bond acceptors (Lipinski definition) is 4. The van der Waals surface area contributed by atoms with Crippen LogP contribution >= 0.6 is 0 Å². The molecule has 1 fully saturated rings. The molecule has 2 N–H and O–H groups in total. The Labute approximate surface area is 118 Å². The van der Waals surface area contributed by atoms with Crippen molar-refractivity contribution in [1.29, 1.82) is 0 Å². The van der Waals surface area contributed by atoms with Crippen molar-refractivity contribution in [3.8, 4) is 5.75 Å². The molecule has 1 heterocycles. The summed E-state index contributed by atoms with van der Waals surface area (Å²) < 4.78 is 10.5. The molecule has 2 rings (SSSR count). The van der Waals surface area contributed by atoms with E-state index in [9.17, 15) is 9.90 Å². The van der Waals surface area contributed by atoms with Gasteiger partial charge in [0.2, 0.25) is 0 Å². The number of carbonyl (C=O) groups is 1. The van der Waals surface area contributed by atoms with Gasteiger partial charge in [-0.25, -0.2) is 4.79 Å². The number of phenolic OH excluding ortho intramolecular Hbond substituents is 1. The lowest BCUT2D eigenvalue weighted by Gasteiger charge is -2.23. The lowest BCUT2D eigenvalue weighted by molar-refractivity contribution is 0.0495. The average Bonchev–Trinajstić information content (AvgIpc) is 3.12. The smallest absolute Gasteiger partial charge is 0.407 e. The number of rotatable bonds is 4. The van der Waals surface area contributed by atoms with Gasteiger partial charge in [0.25, 0.3) is 0 Å². The molecule has 0 aliphatic carbocycles. The molecule has 5 nitrogen and oxygen atoms in total. The van der Waals surface area contributed by atoms with Crippen molar-refractivity contribution >= 4 is 6.09 Å². The summed E-state index contributed by atoms with van der Waals surface area (Å²) >= 11 is 0. The van der Waals surface area contributed by atoms with Crippen LogP contribution in [-0.2, 0) is 15.9 Å². The third kappa shape index (κ3) is 4.74. The summed E-state index contributed by atoms with van der Waals surface area (Å²) in [5.41, 5.74) is 0.511. The molecule has 110 valence electrons. The first-order valence-electron chi connectivity index (χ1n) is 6.72. The normalized spacial score (nSPS) is 19.2. The molecule has 1 amide bonds. The molecule has 0 unspecified atom stereocenters. The Morgan fingerprint density at radius 3 is 2.55 bits per heavy atom. The first kappa shape index (κ1) is 14.7. The molecule has 20 heavy (non-hydrogen) atoms. The Balaban J connectivity index is 1.94. The van der Waals surface area contributed by atoms with Gasteiger partial charge < -0.3 is 19.9 Å². The molecule has 1 aliphatic rings. The summed E-state index contributed by atoms with van der Waals surface area (Å²) in [4.78, 5) is 11.8. The lowest BCUT2D eigenvalue weighted by atomic mass is 10.0. The van der Waals surface area contributed by atoms with Gasteiger partial charge in [0.05, 0.1) is 12.6 Å². The van der Waals surface area contributed by atoms with E-state index in [4.69, 9.17) is 9.47 Å². The molecule has 0 spiro atoms. The highest BCUT2D eigenvalue weighted by Gasteiger charge is 2.34. The van der Waals surface area contributed by atoms with Crippen LogP contribution in [0.15, 0.2) is 24.3 Å². The summed E-state index contributed by atoms with van der Waals surface area (Å²) in [7, 11) is 0. The van der Waals surface area contributed by atoms with Crippen molar-refractivity contribution in [3.05, 3.63) is 29.8 Å². The summed E-state index contributed by atoms with van der Waals surface area (Å²) in [6.07, 6.45) is 0.248. The molecule has 5 heteroatoms. The Hall–Kier alpha value is -1.75. The first-order valence-corrected chi connectivity index (χ1v) is 6.72. The van der Waals surface area contributed by atoms with Gasteiger partial charge >= 0.3 is 6.09 Å². The van der Waals surface area contributed by atoms with E-state index in [-0.39, 0.29) is 17.9 Å². The van der Waals surface area contributed by atoms with E-state index in [1.165, 1.54) is 0 Å². The zero-order valence-electron chi connectivity index (χ0n) is 12.1. The number of ether oxygens (including phenoxy) is 2. The molecular formula is C15H21NO4. The standard InChI is InChI=1S/C15H21NO4/c1-15(2,3)20-14(18)16-12(13-9-19-13)8-10-4-6-11(17)7-5-10/h4-7,12-13,17H,8-9H2,1-3H3,(H,16,18)/t12-,13-/m0/s1. The van der Waals surface area contributed by atoms with Crippen LogP contribution in [0.1, 0.15) is 26.3 Å². The Bertz CT molecular complexity index is 460. The zero-order chi connectivity index (χ0) is 14.8. The molecule has 1 aromatic rings. The van der Waals surface area contributed by atoms with Gasteiger partial charge in [-0.15, -0.1) is 0 Å². The summed E-state index contributed by atoms with van der Waals surface area (Å²) in [6, 6.07) is 6.82. The van der Waals surface area contributed by atoms with Gasteiger partial charge in [-0.3, -0.25) is 0 Å². The molecule has 1 aromatic carbocycles. The molecule has 0 bridgehead atoms. The minimum atomic E-state index is -0.516. The van der Waals surface area contributed by atoms with E-state index < -0.39 is 11.7 Å². The highest BCUT2D eigenvalue weighted by molar-refractivity contribution is 5.68. The fourth-order valence-corrected chi connectivity index (χ4v) is 1.91. The van der Waals surface area contributed by atoms with Crippen molar-refractivity contribution in [3.63, 3.8) is 0 Å². The van der Waals surface area contributed by atoms with Crippen molar-refractivity contribution in [1.82, 2.24) is 5.32 Å². The van der Waals surface area contributed by atoms with Crippen LogP contribution in [0.3, 0.4) is 0 Å². The minimum absolute atomic E-state index is 0.0383. The molecule has 2 atom stereocenters. The number of nitrogens with one attached hydrogen (secondary N) is 1. The van der Waals surface area contributed by atoms with E-state index >= 15 is 0 Å². The van der Waals surface area contributed by atoms with Gasteiger partial charge in [0.1, 0.15) is 17.5 Å². The SMILES string of the molecule is CC(C)(C)OC(=O)N[C@@H](Cc1ccc(O)cc1)[C@@H]1CO1. The van der Waals surface area contributed by atoms with Crippen LogP contribution in [0.25, 0.3) is 0 Å². The predicted octanol–water partition coefficient (Wildman–Crippen LogP) is 2.23. The number of aromatic hydroxyl groups is 1. The van der Waals surface area contributed by atoms with Crippen LogP contribution in [0.4, 0.5) is 4.79 Å². The summed E-state index contributed by atoms with van der Waals surface area (Å²) in [5, 5.41) is 12.1. The predicted molar refractivity (Wildman–Crippen MR) is 74.7 cm³/mol. The molecular weight excluding hydrogens is 258 g/mol. The first-order chi connectivity index (χ1) is 9.33. The largest absolute Gasteiger partial charge is 0.508 e. The number of benzene rings is 1. The van der Waals surface area contributed by atoms with Gasteiger partial charge in [0, 0.05) is 0 Å². The van der Waals surface area contributed by atoms with Crippen molar-refractivity contribution < 1.29 is 19.4 Å². The minimum Gasteiger partial charge on any atom is -0.508 e. The topological polar surface area (TPSA) is 71.1 Å². The number of phenols is 1. The van der Waals surface area contributed by atoms with Crippen molar-refractivity contribution in [2.45, 2.75) is 44.9 Å². The highest BCUT2D eigenvalue weighted by atomic mass is 16.6. The zero-order valence-corrected chi connectivity index (χ0v) is 12.1. The molecule has 0 saturated carbocycles. The molecule has 1 aliphatic heterocycles. The van der Waals surface area contributed by atoms with Gasteiger partial charge in [0.15, 0.2) is 0 Å². The number of amides is 1. The highest BCUT2D eigenvalue weighted by Crippen LogP contribution is 2.20. The molecule has 0 radical (unpaired) electrons. The third-order valence-electron chi connectivity index (χ3n) is 2.90. The Morgan fingerprint density at radius 1 is 1.45 bits per heavy atom. The average molecular weight is 279 g/mol. The second kappa shape index (κ2) is 5.71. The Kier molecular flexibility index (Phi) is 4.18.